The molecule has 2 saturated heterocycles. The molecule has 15 heteroatoms. The lowest BCUT2D eigenvalue weighted by molar-refractivity contribution is -0.291. The van der Waals surface area contributed by atoms with Crippen molar-refractivity contribution in [3.05, 3.63) is 70.9 Å². The van der Waals surface area contributed by atoms with E-state index in [4.69, 9.17) is 23.7 Å². The molecule has 42 heavy (non-hydrogen) atoms. The molecule has 2 fully saturated rings. The van der Waals surface area contributed by atoms with E-state index in [-0.39, 0.29) is 34.4 Å². The fourth-order valence-electron chi connectivity index (χ4n) is 4.89. The van der Waals surface area contributed by atoms with Crippen LogP contribution < -0.4 is 0 Å². The number of phenolic OH excluding ortho intramolecular Hbond substituents is 1. The lowest BCUT2D eigenvalue weighted by Gasteiger charge is -2.41. The highest BCUT2D eigenvalue weighted by Gasteiger charge is 2.47. The van der Waals surface area contributed by atoms with Gasteiger partial charge >= 0.3 is 0 Å². The molecule has 0 aromatic heterocycles. The summed E-state index contributed by atoms with van der Waals surface area (Å²) in [5.41, 5.74) is 0.563. The van der Waals surface area contributed by atoms with E-state index in [1.165, 1.54) is 36.4 Å². The first-order valence-electron chi connectivity index (χ1n) is 13.0. The predicted octanol–water partition coefficient (Wildman–Crippen LogP) is -2.64. The van der Waals surface area contributed by atoms with Crippen LogP contribution in [0.4, 0.5) is 0 Å². The number of benzene rings is 1. The Balaban J connectivity index is 1.51. The van der Waals surface area contributed by atoms with Crippen LogP contribution in [0.1, 0.15) is 5.56 Å². The maximum absolute atomic E-state index is 10.6. The van der Waals surface area contributed by atoms with E-state index < -0.39 is 80.7 Å². The summed E-state index contributed by atoms with van der Waals surface area (Å²) in [4.78, 5) is 0. The summed E-state index contributed by atoms with van der Waals surface area (Å²) in [6.07, 6.45) is -13.1. The van der Waals surface area contributed by atoms with Crippen LogP contribution in [0.2, 0.25) is 0 Å². The van der Waals surface area contributed by atoms with Gasteiger partial charge in [-0.3, -0.25) is 0 Å². The van der Waals surface area contributed by atoms with Crippen molar-refractivity contribution in [2.24, 2.45) is 0 Å². The highest BCUT2D eigenvalue weighted by molar-refractivity contribution is 5.68. The van der Waals surface area contributed by atoms with Crippen molar-refractivity contribution in [1.82, 2.24) is 0 Å². The number of allylic oxidation sites excluding steroid dienone is 2. The SMILES string of the molecule is OC[C@H]1O[C@@H](OC2=CC(O)=CC3OC(c4ccc(O)cc4)=C(O[C@@H]4O[C@H](CO)[C@@H](O)[C@H](O)[C@H]4O)C=C23)[C@H](O)[C@@H](O)[C@@H]1O. The first-order chi connectivity index (χ1) is 20.0. The number of hydrogen-bond donors (Lipinski definition) is 10. The Labute approximate surface area is 238 Å². The van der Waals surface area contributed by atoms with Crippen LogP contribution in [-0.2, 0) is 23.7 Å². The van der Waals surface area contributed by atoms with Gasteiger partial charge in [0, 0.05) is 23.3 Å². The van der Waals surface area contributed by atoms with Gasteiger partial charge in [-0.05, 0) is 30.3 Å². The Hall–Kier alpha value is -3.22. The molecule has 11 atom stereocenters. The Morgan fingerprint density at radius 2 is 1.21 bits per heavy atom. The summed E-state index contributed by atoms with van der Waals surface area (Å²) in [7, 11) is 0. The van der Waals surface area contributed by atoms with Crippen molar-refractivity contribution in [2.75, 3.05) is 13.2 Å². The van der Waals surface area contributed by atoms with Crippen molar-refractivity contribution in [3.63, 3.8) is 0 Å². The average molecular weight is 597 g/mol. The van der Waals surface area contributed by atoms with Crippen molar-refractivity contribution >= 4 is 5.76 Å². The van der Waals surface area contributed by atoms with E-state index in [0.29, 0.717) is 5.56 Å². The quantitative estimate of drug-likeness (QED) is 0.154. The zero-order valence-electron chi connectivity index (χ0n) is 21.8. The highest BCUT2D eigenvalue weighted by atomic mass is 16.7. The number of aliphatic hydroxyl groups is 9. The van der Waals surface area contributed by atoms with Gasteiger partial charge in [-0.25, -0.2) is 0 Å². The maximum atomic E-state index is 10.6. The number of aliphatic hydroxyl groups excluding tert-OH is 9. The molecule has 5 rings (SSSR count). The molecule has 0 bridgehead atoms. The third-order valence-electron chi connectivity index (χ3n) is 7.26. The van der Waals surface area contributed by atoms with Crippen molar-refractivity contribution in [3.8, 4) is 5.75 Å². The van der Waals surface area contributed by atoms with Gasteiger partial charge in [-0.2, -0.15) is 0 Å². The molecule has 0 amide bonds. The molecule has 1 aromatic rings. The molecule has 1 unspecified atom stereocenters. The largest absolute Gasteiger partial charge is 0.508 e. The number of ether oxygens (including phenoxy) is 5. The molecular formula is C27H32O15. The van der Waals surface area contributed by atoms with Crippen LogP contribution in [0.15, 0.2) is 65.3 Å². The van der Waals surface area contributed by atoms with Crippen LogP contribution in [-0.4, -0.2) is 132 Å². The molecule has 3 aliphatic heterocycles. The second kappa shape index (κ2) is 12.2. The van der Waals surface area contributed by atoms with E-state index in [2.05, 4.69) is 0 Å². The molecule has 3 heterocycles. The Morgan fingerprint density at radius 1 is 0.667 bits per heavy atom. The highest BCUT2D eigenvalue weighted by Crippen LogP contribution is 2.40. The monoisotopic (exact) mass is 596 g/mol. The van der Waals surface area contributed by atoms with Gasteiger partial charge in [0.2, 0.25) is 12.6 Å². The van der Waals surface area contributed by atoms with Crippen LogP contribution in [0, 0.1) is 0 Å². The molecule has 1 aliphatic carbocycles. The smallest absolute Gasteiger partial charge is 0.229 e. The lowest BCUT2D eigenvalue weighted by atomic mass is 9.96. The Bertz CT molecular complexity index is 1250. The number of rotatable bonds is 7. The fraction of sp³-hybridized carbons (Fsp3) is 0.481. The van der Waals surface area contributed by atoms with Gasteiger partial charge in [0.15, 0.2) is 11.5 Å². The third-order valence-corrected chi connectivity index (χ3v) is 7.26. The van der Waals surface area contributed by atoms with E-state index >= 15 is 0 Å². The molecule has 0 spiro atoms. The number of hydrogen-bond acceptors (Lipinski definition) is 15. The van der Waals surface area contributed by atoms with Gasteiger partial charge in [0.1, 0.15) is 72.2 Å². The van der Waals surface area contributed by atoms with Gasteiger partial charge in [0.25, 0.3) is 0 Å². The molecule has 1 aromatic carbocycles. The second-order valence-corrected chi connectivity index (χ2v) is 10.1. The fourth-order valence-corrected chi connectivity index (χ4v) is 4.89. The van der Waals surface area contributed by atoms with Crippen LogP contribution in [0.25, 0.3) is 5.76 Å². The average Bonchev–Trinajstić information content (AvgIpc) is 2.98. The third kappa shape index (κ3) is 5.71. The normalized spacial score (nSPS) is 38.5. The summed E-state index contributed by atoms with van der Waals surface area (Å²) in [5.74, 6) is -0.534. The Kier molecular flexibility index (Phi) is 8.77. The zero-order chi connectivity index (χ0) is 30.3. The van der Waals surface area contributed by atoms with E-state index in [9.17, 15) is 51.1 Å². The minimum absolute atomic E-state index is 0.0406. The number of phenols is 1. The first-order valence-corrected chi connectivity index (χ1v) is 13.0. The van der Waals surface area contributed by atoms with Crippen molar-refractivity contribution < 1.29 is 74.7 Å². The molecule has 15 nitrogen and oxygen atoms in total. The van der Waals surface area contributed by atoms with Crippen LogP contribution in [0.5, 0.6) is 5.75 Å². The molecule has 10 N–H and O–H groups in total. The summed E-state index contributed by atoms with van der Waals surface area (Å²) in [6.45, 7) is -1.39. The number of fused-ring (bicyclic) bond motifs is 1. The molecule has 0 radical (unpaired) electrons. The molecule has 4 aliphatic rings. The van der Waals surface area contributed by atoms with Crippen LogP contribution >= 0.6 is 0 Å². The zero-order valence-corrected chi connectivity index (χ0v) is 21.8. The van der Waals surface area contributed by atoms with E-state index in [1.807, 2.05) is 0 Å². The second-order valence-electron chi connectivity index (χ2n) is 10.1. The standard InChI is InChI=1S/C27H32O15/c28-8-17-19(32)21(34)23(36)26(41-17)39-15-6-12(31)5-14-13(15)7-16(25(38-14)10-1-3-11(30)4-2-10)40-27-24(37)22(35)20(33)18(9-29)42-27/h1-7,14,17-24,26-37H,8-9H2/t14?,17-,18-,19-,20-,21+,22+,23-,24-,26-,27-/m1/s1. The van der Waals surface area contributed by atoms with Gasteiger partial charge < -0.3 is 74.7 Å². The summed E-state index contributed by atoms with van der Waals surface area (Å²) < 4.78 is 28.7. The Morgan fingerprint density at radius 3 is 1.76 bits per heavy atom. The minimum Gasteiger partial charge on any atom is -0.508 e. The minimum atomic E-state index is -1.76. The molecule has 0 saturated carbocycles. The van der Waals surface area contributed by atoms with Crippen molar-refractivity contribution in [1.29, 1.82) is 0 Å². The summed E-state index contributed by atoms with van der Waals surface area (Å²) in [5, 5.41) is 101. The van der Waals surface area contributed by atoms with Gasteiger partial charge in [-0.1, -0.05) is 0 Å². The first kappa shape index (κ1) is 30.2. The van der Waals surface area contributed by atoms with Gasteiger partial charge in [0.05, 0.1) is 13.2 Å². The molecular weight excluding hydrogens is 564 g/mol. The summed E-state index contributed by atoms with van der Waals surface area (Å²) >= 11 is 0. The predicted molar refractivity (Wildman–Crippen MR) is 136 cm³/mol. The van der Waals surface area contributed by atoms with E-state index in [1.54, 1.807) is 0 Å². The van der Waals surface area contributed by atoms with Gasteiger partial charge in [-0.15, -0.1) is 0 Å². The topological polar surface area (TPSA) is 248 Å². The maximum Gasteiger partial charge on any atom is 0.229 e. The summed E-state index contributed by atoms with van der Waals surface area (Å²) in [6, 6.07) is 5.73. The van der Waals surface area contributed by atoms with Crippen molar-refractivity contribution in [2.45, 2.75) is 67.5 Å². The number of aromatic hydroxyl groups is 1. The lowest BCUT2D eigenvalue weighted by Crippen LogP contribution is -2.59. The molecule has 230 valence electrons. The van der Waals surface area contributed by atoms with E-state index in [0.717, 1.165) is 6.08 Å². The van der Waals surface area contributed by atoms with Crippen LogP contribution in [0.3, 0.4) is 0 Å².